The lowest BCUT2D eigenvalue weighted by Crippen LogP contribution is -2.49. The lowest BCUT2D eigenvalue weighted by Gasteiger charge is -2.42. The molecule has 0 saturated carbocycles. The van der Waals surface area contributed by atoms with Crippen LogP contribution in [0.25, 0.3) is 0 Å². The van der Waals surface area contributed by atoms with Crippen LogP contribution >= 0.6 is 0 Å². The van der Waals surface area contributed by atoms with Crippen LogP contribution in [-0.2, 0) is 22.7 Å². The highest BCUT2D eigenvalue weighted by Gasteiger charge is 2.39. The van der Waals surface area contributed by atoms with E-state index in [9.17, 15) is 23.6 Å². The van der Waals surface area contributed by atoms with Crippen molar-refractivity contribution in [3.63, 3.8) is 0 Å². The second-order valence-corrected chi connectivity index (χ2v) is 9.09. The highest BCUT2D eigenvalue weighted by molar-refractivity contribution is 6.04. The van der Waals surface area contributed by atoms with Crippen LogP contribution in [0.1, 0.15) is 36.4 Å². The van der Waals surface area contributed by atoms with Crippen molar-refractivity contribution in [3.8, 4) is 0 Å². The molecule has 4 amide bonds. The Morgan fingerprint density at radius 1 is 1.06 bits per heavy atom. The van der Waals surface area contributed by atoms with E-state index in [1.54, 1.807) is 18.2 Å². The number of piperidine rings is 1. The Morgan fingerprint density at radius 3 is 2.70 bits per heavy atom. The number of urea groups is 1. The first-order chi connectivity index (χ1) is 15.9. The van der Waals surface area contributed by atoms with Crippen LogP contribution in [0.15, 0.2) is 47.3 Å². The van der Waals surface area contributed by atoms with Crippen molar-refractivity contribution in [3.05, 3.63) is 69.9 Å². The zero-order chi connectivity index (χ0) is 23.1. The van der Waals surface area contributed by atoms with E-state index in [0.717, 1.165) is 17.0 Å². The summed E-state index contributed by atoms with van der Waals surface area (Å²) in [5.74, 6) is -0.525. The minimum absolute atomic E-state index is 0.000240. The SMILES string of the molecule is O=C(CC[C@@H]1NC(=O)N(Cc2cccc(F)c2)C1=O)N1C[C@H]2C[C@@H](C1)c1cccc(=O)n1C2. The number of nitrogens with zero attached hydrogens (tertiary/aromatic N) is 3. The van der Waals surface area contributed by atoms with Crippen LogP contribution in [0.3, 0.4) is 0 Å². The number of nitrogens with one attached hydrogen (secondary N) is 1. The second kappa shape index (κ2) is 8.46. The Hall–Kier alpha value is -3.49. The summed E-state index contributed by atoms with van der Waals surface area (Å²) < 4.78 is 15.2. The van der Waals surface area contributed by atoms with E-state index in [1.165, 1.54) is 18.2 Å². The van der Waals surface area contributed by atoms with Gasteiger partial charge >= 0.3 is 6.03 Å². The van der Waals surface area contributed by atoms with Gasteiger partial charge in [0.2, 0.25) is 5.91 Å². The molecule has 2 fully saturated rings. The van der Waals surface area contributed by atoms with Gasteiger partial charge in [0.15, 0.2) is 0 Å². The Labute approximate surface area is 190 Å². The molecule has 3 atom stereocenters. The summed E-state index contributed by atoms with van der Waals surface area (Å²) in [5, 5.41) is 2.64. The molecule has 3 aliphatic heterocycles. The van der Waals surface area contributed by atoms with Crippen LogP contribution in [0.5, 0.6) is 0 Å². The molecule has 4 heterocycles. The maximum absolute atomic E-state index is 13.4. The van der Waals surface area contributed by atoms with E-state index >= 15 is 0 Å². The number of fused-ring (bicyclic) bond motifs is 4. The van der Waals surface area contributed by atoms with Gasteiger partial charge < -0.3 is 14.8 Å². The summed E-state index contributed by atoms with van der Waals surface area (Å²) in [7, 11) is 0. The highest BCUT2D eigenvalue weighted by atomic mass is 19.1. The summed E-state index contributed by atoms with van der Waals surface area (Å²) >= 11 is 0. The average Bonchev–Trinajstić information content (AvgIpc) is 3.05. The smallest absolute Gasteiger partial charge is 0.325 e. The fraction of sp³-hybridized carbons (Fsp3) is 0.417. The number of likely N-dealkylation sites (tertiary alicyclic amines) is 1. The van der Waals surface area contributed by atoms with Crippen LogP contribution in [-0.4, -0.2) is 51.3 Å². The number of carbonyl (C=O) groups excluding carboxylic acids is 3. The maximum atomic E-state index is 13.4. The molecule has 2 aromatic rings. The third-order valence-corrected chi connectivity index (χ3v) is 6.82. The van der Waals surface area contributed by atoms with Crippen LogP contribution < -0.4 is 10.9 Å². The Morgan fingerprint density at radius 2 is 1.88 bits per heavy atom. The number of amides is 4. The number of hydrogen-bond acceptors (Lipinski definition) is 4. The van der Waals surface area contributed by atoms with Gasteiger partial charge in [0.1, 0.15) is 11.9 Å². The number of halogens is 1. The summed E-state index contributed by atoms with van der Waals surface area (Å²) in [6, 6.07) is 9.76. The largest absolute Gasteiger partial charge is 0.342 e. The fourth-order valence-corrected chi connectivity index (χ4v) is 5.27. The minimum atomic E-state index is -0.765. The minimum Gasteiger partial charge on any atom is -0.342 e. The molecule has 1 aromatic heterocycles. The van der Waals surface area contributed by atoms with Gasteiger partial charge in [0.25, 0.3) is 11.5 Å². The lowest BCUT2D eigenvalue weighted by molar-refractivity contribution is -0.134. The quantitative estimate of drug-likeness (QED) is 0.701. The molecule has 0 unspecified atom stereocenters. The van der Waals surface area contributed by atoms with Crippen molar-refractivity contribution in [2.24, 2.45) is 5.92 Å². The molecule has 172 valence electrons. The molecule has 8 nitrogen and oxygen atoms in total. The summed E-state index contributed by atoms with van der Waals surface area (Å²) in [6.45, 7) is 1.74. The number of aromatic nitrogens is 1. The average molecular weight is 452 g/mol. The first-order valence-corrected chi connectivity index (χ1v) is 11.2. The van der Waals surface area contributed by atoms with Crippen LogP contribution in [0.4, 0.5) is 9.18 Å². The zero-order valence-electron chi connectivity index (χ0n) is 18.1. The Kier molecular flexibility index (Phi) is 5.47. The van der Waals surface area contributed by atoms with Gasteiger partial charge in [-0.25, -0.2) is 9.18 Å². The molecule has 1 N–H and O–H groups in total. The van der Waals surface area contributed by atoms with Gasteiger partial charge in [-0.2, -0.15) is 0 Å². The zero-order valence-corrected chi connectivity index (χ0v) is 18.1. The van der Waals surface area contributed by atoms with Gasteiger partial charge in [-0.3, -0.25) is 19.3 Å². The summed E-state index contributed by atoms with van der Waals surface area (Å²) in [6.07, 6.45) is 1.32. The van der Waals surface area contributed by atoms with Crippen molar-refractivity contribution in [2.75, 3.05) is 13.1 Å². The van der Waals surface area contributed by atoms with E-state index in [2.05, 4.69) is 5.32 Å². The molecule has 2 bridgehead atoms. The maximum Gasteiger partial charge on any atom is 0.325 e. The first kappa shape index (κ1) is 21.4. The molecular formula is C24H25FN4O4. The molecule has 33 heavy (non-hydrogen) atoms. The third kappa shape index (κ3) is 4.15. The number of imide groups is 1. The lowest BCUT2D eigenvalue weighted by atomic mass is 9.83. The molecular weight excluding hydrogens is 427 g/mol. The van der Waals surface area contributed by atoms with E-state index in [0.29, 0.717) is 25.2 Å². The predicted molar refractivity (Wildman–Crippen MR) is 117 cm³/mol. The second-order valence-electron chi connectivity index (χ2n) is 9.09. The van der Waals surface area contributed by atoms with E-state index < -0.39 is 23.8 Å². The van der Waals surface area contributed by atoms with E-state index in [1.807, 2.05) is 15.5 Å². The number of hydrogen-bond donors (Lipinski definition) is 1. The Bertz CT molecular complexity index is 1180. The normalized spacial score (nSPS) is 24.0. The standard InChI is InChI=1S/C24H25FN4O4/c25-18-4-1-3-15(10-18)12-29-23(32)19(26-24(29)33)7-8-21(30)27-11-16-9-17(14-27)20-5-2-6-22(31)28(20)13-16/h1-6,10,16-17,19H,7-9,11-14H2,(H,26,33)/t16-,17+,19+/m1/s1. The van der Waals surface area contributed by atoms with Crippen LogP contribution in [0, 0.1) is 11.7 Å². The third-order valence-electron chi connectivity index (χ3n) is 6.82. The first-order valence-electron chi connectivity index (χ1n) is 11.2. The molecule has 9 heteroatoms. The van der Waals surface area contributed by atoms with Crippen molar-refractivity contribution >= 4 is 17.8 Å². The van der Waals surface area contributed by atoms with Gasteiger partial charge in [-0.1, -0.05) is 18.2 Å². The van der Waals surface area contributed by atoms with Gasteiger partial charge in [-0.05, 0) is 42.5 Å². The predicted octanol–water partition coefficient (Wildman–Crippen LogP) is 1.83. The topological polar surface area (TPSA) is 91.7 Å². The molecule has 3 aliphatic rings. The van der Waals surface area contributed by atoms with Crippen molar-refractivity contribution in [2.45, 2.75) is 44.3 Å². The molecule has 5 rings (SSSR count). The molecule has 2 saturated heterocycles. The van der Waals surface area contributed by atoms with E-state index in [-0.39, 0.29) is 42.7 Å². The van der Waals surface area contributed by atoms with E-state index in [4.69, 9.17) is 0 Å². The molecule has 1 aromatic carbocycles. The van der Waals surface area contributed by atoms with Gasteiger partial charge in [0.05, 0.1) is 6.54 Å². The Balaban J connectivity index is 1.19. The monoisotopic (exact) mass is 452 g/mol. The number of rotatable bonds is 5. The molecule has 0 aliphatic carbocycles. The van der Waals surface area contributed by atoms with Crippen molar-refractivity contribution in [1.29, 1.82) is 0 Å². The number of benzene rings is 1. The molecule has 0 spiro atoms. The molecule has 0 radical (unpaired) electrons. The fourth-order valence-electron chi connectivity index (χ4n) is 5.27. The number of pyridine rings is 1. The summed E-state index contributed by atoms with van der Waals surface area (Å²) in [5.41, 5.74) is 1.50. The van der Waals surface area contributed by atoms with Gasteiger partial charge in [-0.15, -0.1) is 0 Å². The van der Waals surface area contributed by atoms with Crippen LogP contribution in [0.2, 0.25) is 0 Å². The number of carbonyl (C=O) groups is 3. The summed E-state index contributed by atoms with van der Waals surface area (Å²) in [4.78, 5) is 53.0. The highest BCUT2D eigenvalue weighted by Crippen LogP contribution is 2.35. The van der Waals surface area contributed by atoms with Crippen molar-refractivity contribution in [1.82, 2.24) is 19.7 Å². The van der Waals surface area contributed by atoms with Crippen molar-refractivity contribution < 1.29 is 18.8 Å². The van der Waals surface area contributed by atoms with Gasteiger partial charge in [0, 0.05) is 43.7 Å².